The van der Waals surface area contributed by atoms with Crippen LogP contribution in [0.5, 0.6) is 0 Å². The van der Waals surface area contributed by atoms with Gasteiger partial charge in [-0.3, -0.25) is 10.1 Å². The summed E-state index contributed by atoms with van der Waals surface area (Å²) >= 11 is 0. The van der Waals surface area contributed by atoms with Gasteiger partial charge in [0.1, 0.15) is 0 Å². The summed E-state index contributed by atoms with van der Waals surface area (Å²) in [5.74, 6) is -1.30. The first-order valence-electron chi connectivity index (χ1n) is 4.37. The van der Waals surface area contributed by atoms with E-state index < -0.39 is 24.0 Å². The summed E-state index contributed by atoms with van der Waals surface area (Å²) in [6.07, 6.45) is 1.67. The van der Waals surface area contributed by atoms with Crippen LogP contribution in [0.3, 0.4) is 0 Å². The highest BCUT2D eigenvalue weighted by Gasteiger charge is 2.17. The lowest BCUT2D eigenvalue weighted by Crippen LogP contribution is -2.43. The van der Waals surface area contributed by atoms with Crippen LogP contribution < -0.4 is 10.6 Å². The number of nitrogens with one attached hydrogen (secondary N) is 2. The largest absolute Gasteiger partial charge is 0.449 e. The maximum absolute atomic E-state index is 11.2. The van der Waals surface area contributed by atoms with Gasteiger partial charge in [-0.1, -0.05) is 6.08 Å². The van der Waals surface area contributed by atoms with E-state index in [0.29, 0.717) is 0 Å². The number of imide groups is 1. The second-order valence-electron chi connectivity index (χ2n) is 2.65. The lowest BCUT2D eigenvalue weighted by Gasteiger charge is -2.10. The van der Waals surface area contributed by atoms with E-state index in [0.717, 1.165) is 0 Å². The lowest BCUT2D eigenvalue weighted by atomic mass is 10.4. The van der Waals surface area contributed by atoms with Gasteiger partial charge in [0.2, 0.25) is 0 Å². The molecule has 0 aromatic carbocycles. The third kappa shape index (κ3) is 5.45. The van der Waals surface area contributed by atoms with Gasteiger partial charge < -0.3 is 10.1 Å². The number of carbonyl (C=O) groups excluding carboxylic acids is 3. The van der Waals surface area contributed by atoms with Crippen molar-refractivity contribution < 1.29 is 19.1 Å². The molecule has 84 valence electrons. The van der Waals surface area contributed by atoms with E-state index in [-0.39, 0.29) is 0 Å². The van der Waals surface area contributed by atoms with Crippen LogP contribution in [0.4, 0.5) is 4.79 Å². The standard InChI is InChI=1S/C9H14N2O4/c1-4-5-7(12)15-6(2)8(13)11-9(14)10-3/h4-6H,1-3H3,(H2,10,11,13,14)/b5-4+/t6-/m0/s1. The molecule has 0 aromatic rings. The molecule has 0 bridgehead atoms. The van der Waals surface area contributed by atoms with Crippen LogP contribution in [0.25, 0.3) is 0 Å². The maximum Gasteiger partial charge on any atom is 0.331 e. The molecule has 0 radical (unpaired) electrons. The Bertz CT molecular complexity index is 286. The number of allylic oxidation sites excluding steroid dienone is 1. The average Bonchev–Trinajstić information content (AvgIpc) is 2.17. The Morgan fingerprint density at radius 3 is 2.40 bits per heavy atom. The molecule has 3 amide bonds. The smallest absolute Gasteiger partial charge is 0.331 e. The highest BCUT2D eigenvalue weighted by atomic mass is 16.5. The first kappa shape index (κ1) is 13.2. The Hall–Kier alpha value is -1.85. The summed E-state index contributed by atoms with van der Waals surface area (Å²) in [5.41, 5.74) is 0. The molecular weight excluding hydrogens is 200 g/mol. The van der Waals surface area contributed by atoms with E-state index >= 15 is 0 Å². The number of carbonyl (C=O) groups is 3. The Kier molecular flexibility index (Phi) is 5.77. The van der Waals surface area contributed by atoms with Gasteiger partial charge in [-0.15, -0.1) is 0 Å². The molecule has 0 aliphatic carbocycles. The SMILES string of the molecule is C/C=C/C(=O)O[C@@H](C)C(=O)NC(=O)NC. The van der Waals surface area contributed by atoms with Crippen molar-refractivity contribution in [2.75, 3.05) is 7.05 Å². The quantitative estimate of drug-likeness (QED) is 0.509. The number of rotatable bonds is 3. The normalized spacial score (nSPS) is 11.9. The lowest BCUT2D eigenvalue weighted by molar-refractivity contribution is -0.149. The molecule has 6 heteroatoms. The predicted octanol–water partition coefficient (Wildman–Crippen LogP) is -0.0502. The second-order valence-corrected chi connectivity index (χ2v) is 2.65. The topological polar surface area (TPSA) is 84.5 Å². The summed E-state index contributed by atoms with van der Waals surface area (Å²) < 4.78 is 4.68. The highest BCUT2D eigenvalue weighted by Crippen LogP contribution is 1.93. The van der Waals surface area contributed by atoms with Gasteiger partial charge in [0.15, 0.2) is 6.10 Å². The zero-order valence-corrected chi connectivity index (χ0v) is 8.87. The summed E-state index contributed by atoms with van der Waals surface area (Å²) in [4.78, 5) is 32.8. The van der Waals surface area contributed by atoms with Crippen molar-refractivity contribution in [3.8, 4) is 0 Å². The maximum atomic E-state index is 11.2. The molecule has 0 aromatic heterocycles. The number of amides is 3. The minimum absolute atomic E-state index is 0.628. The highest BCUT2D eigenvalue weighted by molar-refractivity contribution is 5.97. The predicted molar refractivity (Wildman–Crippen MR) is 53.0 cm³/mol. The number of esters is 1. The fraction of sp³-hybridized carbons (Fsp3) is 0.444. The molecule has 0 saturated carbocycles. The minimum Gasteiger partial charge on any atom is -0.449 e. The van der Waals surface area contributed by atoms with Gasteiger partial charge in [0.25, 0.3) is 5.91 Å². The Labute approximate surface area is 87.7 Å². The molecule has 2 N–H and O–H groups in total. The minimum atomic E-state index is -1.01. The van der Waals surface area contributed by atoms with E-state index in [1.165, 1.54) is 26.1 Å². The van der Waals surface area contributed by atoms with Gasteiger partial charge >= 0.3 is 12.0 Å². The van der Waals surface area contributed by atoms with Crippen LogP contribution in [0, 0.1) is 0 Å². The van der Waals surface area contributed by atoms with Gasteiger partial charge in [-0.25, -0.2) is 9.59 Å². The number of urea groups is 1. The Morgan fingerprint density at radius 1 is 1.33 bits per heavy atom. The van der Waals surface area contributed by atoms with Crippen molar-refractivity contribution in [3.05, 3.63) is 12.2 Å². The van der Waals surface area contributed by atoms with Crippen LogP contribution in [-0.4, -0.2) is 31.1 Å². The molecule has 0 fully saturated rings. The second kappa shape index (κ2) is 6.58. The van der Waals surface area contributed by atoms with E-state index in [2.05, 4.69) is 10.1 Å². The molecule has 0 heterocycles. The van der Waals surface area contributed by atoms with E-state index in [1.807, 2.05) is 5.32 Å². The fourth-order valence-electron chi connectivity index (χ4n) is 0.679. The molecule has 0 aliphatic rings. The Balaban J connectivity index is 4.10. The summed E-state index contributed by atoms with van der Waals surface area (Å²) in [6.45, 7) is 3.02. The average molecular weight is 214 g/mol. The van der Waals surface area contributed by atoms with Crippen LogP contribution in [0.1, 0.15) is 13.8 Å². The third-order valence-corrected chi connectivity index (χ3v) is 1.43. The van der Waals surface area contributed by atoms with Crippen molar-refractivity contribution in [2.24, 2.45) is 0 Å². The van der Waals surface area contributed by atoms with E-state index in [9.17, 15) is 14.4 Å². The van der Waals surface area contributed by atoms with Crippen LogP contribution in [0.2, 0.25) is 0 Å². The molecule has 15 heavy (non-hydrogen) atoms. The van der Waals surface area contributed by atoms with Crippen molar-refractivity contribution in [2.45, 2.75) is 20.0 Å². The van der Waals surface area contributed by atoms with Crippen LogP contribution in [0.15, 0.2) is 12.2 Å². The molecule has 1 atom stereocenters. The molecule has 0 rings (SSSR count). The first-order valence-corrected chi connectivity index (χ1v) is 4.37. The van der Waals surface area contributed by atoms with Gasteiger partial charge in [-0.05, 0) is 13.8 Å². The number of hydrogen-bond donors (Lipinski definition) is 2. The van der Waals surface area contributed by atoms with Gasteiger partial charge in [0, 0.05) is 13.1 Å². The van der Waals surface area contributed by atoms with Crippen molar-refractivity contribution in [1.82, 2.24) is 10.6 Å². The first-order chi connectivity index (χ1) is 7.01. The van der Waals surface area contributed by atoms with Gasteiger partial charge in [0.05, 0.1) is 0 Å². The monoisotopic (exact) mass is 214 g/mol. The molecular formula is C9H14N2O4. The van der Waals surface area contributed by atoms with Crippen molar-refractivity contribution in [1.29, 1.82) is 0 Å². The third-order valence-electron chi connectivity index (χ3n) is 1.43. The van der Waals surface area contributed by atoms with E-state index in [4.69, 9.17) is 0 Å². The number of ether oxygens (including phenoxy) is 1. The van der Waals surface area contributed by atoms with Crippen LogP contribution >= 0.6 is 0 Å². The molecule has 0 aliphatic heterocycles. The van der Waals surface area contributed by atoms with Crippen LogP contribution in [-0.2, 0) is 14.3 Å². The summed E-state index contributed by atoms with van der Waals surface area (Å²) in [6, 6.07) is -0.645. The zero-order chi connectivity index (χ0) is 11.8. The fourth-order valence-corrected chi connectivity index (χ4v) is 0.679. The Morgan fingerprint density at radius 2 is 1.93 bits per heavy atom. The van der Waals surface area contributed by atoms with E-state index in [1.54, 1.807) is 6.92 Å². The van der Waals surface area contributed by atoms with Crippen molar-refractivity contribution >= 4 is 17.9 Å². The molecule has 0 unspecified atom stereocenters. The summed E-state index contributed by atoms with van der Waals surface area (Å²) in [5, 5.41) is 4.19. The van der Waals surface area contributed by atoms with Crippen molar-refractivity contribution in [3.63, 3.8) is 0 Å². The molecule has 0 spiro atoms. The number of hydrogen-bond acceptors (Lipinski definition) is 4. The van der Waals surface area contributed by atoms with Gasteiger partial charge in [-0.2, -0.15) is 0 Å². The summed E-state index contributed by atoms with van der Waals surface area (Å²) in [7, 11) is 1.37. The molecule has 0 saturated heterocycles. The molecule has 6 nitrogen and oxygen atoms in total. The zero-order valence-electron chi connectivity index (χ0n) is 8.87.